The van der Waals surface area contributed by atoms with Crippen molar-refractivity contribution in [3.63, 3.8) is 0 Å². The van der Waals surface area contributed by atoms with Crippen LogP contribution >= 0.6 is 0 Å². The van der Waals surface area contributed by atoms with Crippen molar-refractivity contribution in [2.24, 2.45) is 11.7 Å². The highest BCUT2D eigenvalue weighted by molar-refractivity contribution is 5.69. The lowest BCUT2D eigenvalue weighted by Crippen LogP contribution is -2.19. The van der Waals surface area contributed by atoms with Crippen LogP contribution in [0.3, 0.4) is 0 Å². The number of carbonyl (C=O) groups excluding carboxylic acids is 1. The molecule has 0 fully saturated rings. The van der Waals surface area contributed by atoms with Gasteiger partial charge in [0.15, 0.2) is 0 Å². The summed E-state index contributed by atoms with van der Waals surface area (Å²) in [6.07, 6.45) is 5.55. The summed E-state index contributed by atoms with van der Waals surface area (Å²) in [7, 11) is 0. The van der Waals surface area contributed by atoms with Crippen molar-refractivity contribution in [2.75, 3.05) is 19.8 Å². The fourth-order valence-corrected chi connectivity index (χ4v) is 2.96. The second-order valence-corrected chi connectivity index (χ2v) is 5.89. The SMILES string of the molecule is CCOC(=O)CC1CCc2cc(OCCCCN)ccc2C1. The molecule has 1 atom stereocenters. The molecular formula is C18H27NO3. The Morgan fingerprint density at radius 1 is 1.32 bits per heavy atom. The molecule has 0 amide bonds. The van der Waals surface area contributed by atoms with E-state index < -0.39 is 0 Å². The van der Waals surface area contributed by atoms with E-state index in [1.165, 1.54) is 11.1 Å². The van der Waals surface area contributed by atoms with Crippen LogP contribution in [0.15, 0.2) is 18.2 Å². The highest BCUT2D eigenvalue weighted by Gasteiger charge is 2.22. The first-order valence-electron chi connectivity index (χ1n) is 8.33. The first kappa shape index (κ1) is 16.8. The summed E-state index contributed by atoms with van der Waals surface area (Å²) < 4.78 is 10.8. The van der Waals surface area contributed by atoms with Gasteiger partial charge < -0.3 is 15.2 Å². The Bertz CT molecular complexity index is 487. The predicted molar refractivity (Wildman–Crippen MR) is 87.0 cm³/mol. The number of rotatable bonds is 8. The first-order chi connectivity index (χ1) is 10.7. The molecule has 0 saturated carbocycles. The average Bonchev–Trinajstić information content (AvgIpc) is 2.52. The van der Waals surface area contributed by atoms with E-state index in [0.29, 0.717) is 18.9 Å². The Kier molecular flexibility index (Phi) is 6.72. The third kappa shape index (κ3) is 5.02. The van der Waals surface area contributed by atoms with Gasteiger partial charge in [-0.25, -0.2) is 0 Å². The normalized spacial score (nSPS) is 16.9. The smallest absolute Gasteiger partial charge is 0.306 e. The molecule has 0 bridgehead atoms. The summed E-state index contributed by atoms with van der Waals surface area (Å²) in [5.41, 5.74) is 8.18. The van der Waals surface area contributed by atoms with E-state index in [1.54, 1.807) is 0 Å². The second-order valence-electron chi connectivity index (χ2n) is 5.89. The molecule has 0 spiro atoms. The molecule has 1 unspecified atom stereocenters. The maximum absolute atomic E-state index is 11.6. The zero-order valence-corrected chi connectivity index (χ0v) is 13.5. The van der Waals surface area contributed by atoms with Crippen LogP contribution in [0.5, 0.6) is 5.75 Å². The van der Waals surface area contributed by atoms with Crippen LogP contribution in [-0.2, 0) is 22.4 Å². The van der Waals surface area contributed by atoms with Gasteiger partial charge in [-0.1, -0.05) is 6.07 Å². The van der Waals surface area contributed by atoms with Crippen LogP contribution < -0.4 is 10.5 Å². The maximum atomic E-state index is 11.6. The van der Waals surface area contributed by atoms with Crippen molar-refractivity contribution < 1.29 is 14.3 Å². The van der Waals surface area contributed by atoms with Gasteiger partial charge in [-0.15, -0.1) is 0 Å². The fraction of sp³-hybridized carbons (Fsp3) is 0.611. The van der Waals surface area contributed by atoms with Crippen molar-refractivity contribution in [2.45, 2.75) is 45.4 Å². The lowest BCUT2D eigenvalue weighted by Gasteiger charge is -2.24. The van der Waals surface area contributed by atoms with Crippen LogP contribution in [0.1, 0.15) is 43.7 Å². The zero-order chi connectivity index (χ0) is 15.8. The Balaban J connectivity index is 1.86. The molecule has 122 valence electrons. The number of ether oxygens (including phenoxy) is 2. The molecule has 0 radical (unpaired) electrons. The summed E-state index contributed by atoms with van der Waals surface area (Å²) in [5.74, 6) is 1.28. The summed E-state index contributed by atoms with van der Waals surface area (Å²) >= 11 is 0. The van der Waals surface area contributed by atoms with Crippen LogP contribution in [0.25, 0.3) is 0 Å². The number of nitrogens with two attached hydrogens (primary N) is 1. The van der Waals surface area contributed by atoms with Gasteiger partial charge in [0.25, 0.3) is 0 Å². The third-order valence-corrected chi connectivity index (χ3v) is 4.14. The second kappa shape index (κ2) is 8.79. The van der Waals surface area contributed by atoms with Crippen molar-refractivity contribution in [1.82, 2.24) is 0 Å². The molecule has 4 heteroatoms. The summed E-state index contributed by atoms with van der Waals surface area (Å²) in [6.45, 7) is 3.76. The molecule has 0 aromatic heterocycles. The lowest BCUT2D eigenvalue weighted by molar-refractivity contribution is -0.144. The summed E-state index contributed by atoms with van der Waals surface area (Å²) in [6, 6.07) is 6.33. The lowest BCUT2D eigenvalue weighted by atomic mass is 9.82. The predicted octanol–water partition coefficient (Wildman–Crippen LogP) is 2.86. The van der Waals surface area contributed by atoms with E-state index in [2.05, 4.69) is 12.1 Å². The van der Waals surface area contributed by atoms with Crippen molar-refractivity contribution in [3.8, 4) is 5.75 Å². The van der Waals surface area contributed by atoms with Gasteiger partial charge in [0.05, 0.1) is 13.2 Å². The Labute approximate surface area is 133 Å². The van der Waals surface area contributed by atoms with E-state index in [1.807, 2.05) is 13.0 Å². The molecule has 1 aliphatic rings. The number of aryl methyl sites for hydroxylation is 1. The van der Waals surface area contributed by atoms with Gasteiger partial charge >= 0.3 is 5.97 Å². The molecule has 1 aromatic carbocycles. The Morgan fingerprint density at radius 2 is 2.18 bits per heavy atom. The number of esters is 1. The minimum atomic E-state index is -0.0733. The minimum Gasteiger partial charge on any atom is -0.494 e. The highest BCUT2D eigenvalue weighted by Crippen LogP contribution is 2.30. The van der Waals surface area contributed by atoms with Gasteiger partial charge in [0.2, 0.25) is 0 Å². The van der Waals surface area contributed by atoms with Crippen molar-refractivity contribution in [1.29, 1.82) is 0 Å². The number of unbranched alkanes of at least 4 members (excludes halogenated alkanes) is 1. The summed E-state index contributed by atoms with van der Waals surface area (Å²) in [5, 5.41) is 0. The molecule has 0 heterocycles. The monoisotopic (exact) mass is 305 g/mol. The van der Waals surface area contributed by atoms with E-state index in [0.717, 1.165) is 51.0 Å². The van der Waals surface area contributed by atoms with Crippen molar-refractivity contribution >= 4 is 5.97 Å². The fourth-order valence-electron chi connectivity index (χ4n) is 2.96. The number of fused-ring (bicyclic) bond motifs is 1. The van der Waals surface area contributed by atoms with E-state index in [9.17, 15) is 4.79 Å². The molecule has 22 heavy (non-hydrogen) atoms. The van der Waals surface area contributed by atoms with Gasteiger partial charge in [-0.3, -0.25) is 4.79 Å². The van der Waals surface area contributed by atoms with Gasteiger partial charge in [-0.05, 0) is 74.8 Å². The highest BCUT2D eigenvalue weighted by atomic mass is 16.5. The van der Waals surface area contributed by atoms with Gasteiger partial charge in [0, 0.05) is 6.42 Å². The quantitative estimate of drug-likeness (QED) is 0.592. The Hall–Kier alpha value is -1.55. The molecular weight excluding hydrogens is 278 g/mol. The number of hydrogen-bond acceptors (Lipinski definition) is 4. The van der Waals surface area contributed by atoms with Gasteiger partial charge in [0.1, 0.15) is 5.75 Å². The van der Waals surface area contributed by atoms with Crippen LogP contribution in [-0.4, -0.2) is 25.7 Å². The Morgan fingerprint density at radius 3 is 2.95 bits per heavy atom. The third-order valence-electron chi connectivity index (χ3n) is 4.14. The molecule has 0 aliphatic heterocycles. The van der Waals surface area contributed by atoms with E-state index in [-0.39, 0.29) is 5.97 Å². The minimum absolute atomic E-state index is 0.0733. The van der Waals surface area contributed by atoms with Crippen molar-refractivity contribution in [3.05, 3.63) is 29.3 Å². The van der Waals surface area contributed by atoms with Gasteiger partial charge in [-0.2, -0.15) is 0 Å². The number of carbonyl (C=O) groups is 1. The molecule has 2 rings (SSSR count). The standard InChI is InChI=1S/C18H27NO3/c1-2-21-18(20)12-14-5-6-16-13-17(8-7-15(16)11-14)22-10-4-3-9-19/h7-8,13-14H,2-6,9-12,19H2,1H3. The molecule has 1 aromatic rings. The number of benzene rings is 1. The summed E-state index contributed by atoms with van der Waals surface area (Å²) in [4.78, 5) is 11.6. The van der Waals surface area contributed by atoms with Crippen LogP contribution in [0, 0.1) is 5.92 Å². The maximum Gasteiger partial charge on any atom is 0.306 e. The largest absolute Gasteiger partial charge is 0.494 e. The molecule has 0 saturated heterocycles. The topological polar surface area (TPSA) is 61.5 Å². The van der Waals surface area contributed by atoms with Crippen LogP contribution in [0.2, 0.25) is 0 Å². The molecule has 4 nitrogen and oxygen atoms in total. The molecule has 2 N–H and O–H groups in total. The zero-order valence-electron chi connectivity index (χ0n) is 13.5. The number of hydrogen-bond donors (Lipinski definition) is 1. The van der Waals surface area contributed by atoms with E-state index in [4.69, 9.17) is 15.2 Å². The van der Waals surface area contributed by atoms with E-state index >= 15 is 0 Å². The average molecular weight is 305 g/mol. The molecule has 1 aliphatic carbocycles. The van der Waals surface area contributed by atoms with Crippen LogP contribution in [0.4, 0.5) is 0 Å². The first-order valence-corrected chi connectivity index (χ1v) is 8.33.